The van der Waals surface area contributed by atoms with Gasteiger partial charge in [-0.25, -0.2) is 9.37 Å². The standard InChI is InChI=1S/C18H20FN3O2/c19-16-4-2-6-21-17(16)24-13-18-11-22(9-15(18)10-23-12-18)8-14-3-1-5-20-7-14/h1-7,15H,8-13H2/t15-,18+/m0/s1. The van der Waals surface area contributed by atoms with E-state index in [0.717, 1.165) is 26.2 Å². The summed E-state index contributed by atoms with van der Waals surface area (Å²) in [5, 5.41) is 0. The van der Waals surface area contributed by atoms with Crippen LogP contribution < -0.4 is 4.74 Å². The number of likely N-dealkylation sites (tertiary alicyclic amines) is 1. The molecular formula is C18H20FN3O2. The monoisotopic (exact) mass is 329 g/mol. The predicted octanol–water partition coefficient (Wildman–Crippen LogP) is 2.14. The Kier molecular flexibility index (Phi) is 4.16. The summed E-state index contributed by atoms with van der Waals surface area (Å²) in [4.78, 5) is 10.6. The summed E-state index contributed by atoms with van der Waals surface area (Å²) < 4.78 is 25.2. The molecular weight excluding hydrogens is 309 g/mol. The van der Waals surface area contributed by atoms with Crippen LogP contribution in [-0.4, -0.2) is 47.8 Å². The van der Waals surface area contributed by atoms with E-state index in [1.54, 1.807) is 18.5 Å². The van der Waals surface area contributed by atoms with Crippen LogP contribution in [0.2, 0.25) is 0 Å². The van der Waals surface area contributed by atoms with Gasteiger partial charge in [0.1, 0.15) is 0 Å². The average molecular weight is 329 g/mol. The van der Waals surface area contributed by atoms with Crippen LogP contribution in [0.1, 0.15) is 5.56 Å². The molecule has 24 heavy (non-hydrogen) atoms. The Hall–Kier alpha value is -2.05. The van der Waals surface area contributed by atoms with E-state index in [4.69, 9.17) is 9.47 Å². The van der Waals surface area contributed by atoms with Crippen LogP contribution >= 0.6 is 0 Å². The van der Waals surface area contributed by atoms with Gasteiger partial charge in [-0.3, -0.25) is 9.88 Å². The number of hydrogen-bond acceptors (Lipinski definition) is 5. The Morgan fingerprint density at radius 1 is 1.33 bits per heavy atom. The summed E-state index contributed by atoms with van der Waals surface area (Å²) in [5.74, 6) is 0.0544. The normalized spacial score (nSPS) is 26.5. The molecule has 0 saturated carbocycles. The third kappa shape index (κ3) is 2.99. The summed E-state index contributed by atoms with van der Waals surface area (Å²) in [6.45, 7) is 4.51. The Balaban J connectivity index is 1.44. The fourth-order valence-corrected chi connectivity index (χ4v) is 3.71. The van der Waals surface area contributed by atoms with Gasteiger partial charge < -0.3 is 9.47 Å². The molecule has 0 amide bonds. The SMILES string of the molecule is Fc1cccnc1OC[C@@]12COC[C@@H]1CN(Cc1cccnc1)C2. The first-order valence-corrected chi connectivity index (χ1v) is 8.17. The van der Waals surface area contributed by atoms with E-state index in [-0.39, 0.29) is 11.3 Å². The molecule has 2 fully saturated rings. The van der Waals surface area contributed by atoms with Gasteiger partial charge in [0.05, 0.1) is 19.8 Å². The fraction of sp³-hybridized carbons (Fsp3) is 0.444. The maximum absolute atomic E-state index is 13.7. The first-order chi connectivity index (χ1) is 11.8. The molecule has 0 aliphatic carbocycles. The lowest BCUT2D eigenvalue weighted by Crippen LogP contribution is -2.37. The molecule has 2 aliphatic heterocycles. The molecule has 4 heterocycles. The van der Waals surface area contributed by atoms with Gasteiger partial charge in [0, 0.05) is 49.6 Å². The predicted molar refractivity (Wildman–Crippen MR) is 85.9 cm³/mol. The zero-order chi connectivity index (χ0) is 16.4. The van der Waals surface area contributed by atoms with Crippen LogP contribution in [0.3, 0.4) is 0 Å². The van der Waals surface area contributed by atoms with Crippen LogP contribution in [0.15, 0.2) is 42.9 Å². The number of nitrogens with zero attached hydrogens (tertiary/aromatic N) is 3. The second-order valence-corrected chi connectivity index (χ2v) is 6.68. The van der Waals surface area contributed by atoms with Crippen molar-refractivity contribution in [3.05, 3.63) is 54.2 Å². The topological polar surface area (TPSA) is 47.5 Å². The van der Waals surface area contributed by atoms with E-state index in [9.17, 15) is 4.39 Å². The van der Waals surface area contributed by atoms with E-state index < -0.39 is 5.82 Å². The van der Waals surface area contributed by atoms with Gasteiger partial charge in [0.15, 0.2) is 5.82 Å². The number of aromatic nitrogens is 2. The van der Waals surface area contributed by atoms with Crippen molar-refractivity contribution in [2.75, 3.05) is 32.9 Å². The van der Waals surface area contributed by atoms with Gasteiger partial charge >= 0.3 is 0 Å². The molecule has 0 radical (unpaired) electrons. The highest BCUT2D eigenvalue weighted by atomic mass is 19.1. The molecule has 5 nitrogen and oxygen atoms in total. The van der Waals surface area contributed by atoms with Crippen molar-refractivity contribution in [1.29, 1.82) is 0 Å². The number of rotatable bonds is 5. The smallest absolute Gasteiger partial charge is 0.250 e. The van der Waals surface area contributed by atoms with E-state index in [2.05, 4.69) is 20.9 Å². The largest absolute Gasteiger partial charge is 0.475 e. The fourth-order valence-electron chi connectivity index (χ4n) is 3.71. The lowest BCUT2D eigenvalue weighted by molar-refractivity contribution is 0.0862. The maximum atomic E-state index is 13.7. The number of halogens is 1. The van der Waals surface area contributed by atoms with Crippen molar-refractivity contribution >= 4 is 0 Å². The zero-order valence-corrected chi connectivity index (χ0v) is 13.4. The van der Waals surface area contributed by atoms with Gasteiger partial charge in [-0.15, -0.1) is 0 Å². The summed E-state index contributed by atoms with van der Waals surface area (Å²) >= 11 is 0. The highest BCUT2D eigenvalue weighted by Gasteiger charge is 2.51. The van der Waals surface area contributed by atoms with E-state index >= 15 is 0 Å². The van der Waals surface area contributed by atoms with Crippen molar-refractivity contribution in [2.45, 2.75) is 6.54 Å². The van der Waals surface area contributed by atoms with Crippen molar-refractivity contribution < 1.29 is 13.9 Å². The van der Waals surface area contributed by atoms with E-state index in [1.807, 2.05) is 12.3 Å². The molecule has 4 rings (SSSR count). The minimum Gasteiger partial charge on any atom is -0.475 e. The van der Waals surface area contributed by atoms with Crippen LogP contribution in [0.5, 0.6) is 5.88 Å². The molecule has 2 aliphatic rings. The maximum Gasteiger partial charge on any atom is 0.250 e. The third-order valence-electron chi connectivity index (χ3n) is 4.94. The molecule has 6 heteroatoms. The first-order valence-electron chi connectivity index (χ1n) is 8.17. The lowest BCUT2D eigenvalue weighted by Gasteiger charge is -2.27. The molecule has 2 saturated heterocycles. The number of fused-ring (bicyclic) bond motifs is 1. The van der Waals surface area contributed by atoms with Gasteiger partial charge in [-0.2, -0.15) is 0 Å². The van der Waals surface area contributed by atoms with Crippen molar-refractivity contribution in [2.24, 2.45) is 11.3 Å². The first kappa shape index (κ1) is 15.5. The summed E-state index contributed by atoms with van der Waals surface area (Å²) in [5.41, 5.74) is 1.11. The van der Waals surface area contributed by atoms with Crippen LogP contribution in [0.4, 0.5) is 4.39 Å². The second-order valence-electron chi connectivity index (χ2n) is 6.68. The van der Waals surface area contributed by atoms with Crippen molar-refractivity contribution in [1.82, 2.24) is 14.9 Å². The molecule has 0 bridgehead atoms. The van der Waals surface area contributed by atoms with Crippen molar-refractivity contribution in [3.63, 3.8) is 0 Å². The second kappa shape index (κ2) is 6.45. The number of ether oxygens (including phenoxy) is 2. The molecule has 0 N–H and O–H groups in total. The van der Waals surface area contributed by atoms with Crippen molar-refractivity contribution in [3.8, 4) is 5.88 Å². The summed E-state index contributed by atoms with van der Waals surface area (Å²) in [6, 6.07) is 6.97. The highest BCUT2D eigenvalue weighted by molar-refractivity contribution is 5.14. The Morgan fingerprint density at radius 2 is 2.25 bits per heavy atom. The number of pyridine rings is 2. The van der Waals surface area contributed by atoms with Crippen LogP contribution in [-0.2, 0) is 11.3 Å². The summed E-state index contributed by atoms with van der Waals surface area (Å²) in [7, 11) is 0. The number of hydrogen-bond donors (Lipinski definition) is 0. The molecule has 0 aromatic carbocycles. The molecule has 2 aromatic rings. The molecule has 0 spiro atoms. The average Bonchev–Trinajstić information content (AvgIpc) is 3.12. The third-order valence-corrected chi connectivity index (χ3v) is 4.94. The minimum absolute atomic E-state index is 0.0724. The van der Waals surface area contributed by atoms with E-state index in [0.29, 0.717) is 19.1 Å². The molecule has 2 aromatic heterocycles. The van der Waals surface area contributed by atoms with Crippen LogP contribution in [0.25, 0.3) is 0 Å². The van der Waals surface area contributed by atoms with E-state index in [1.165, 1.54) is 11.6 Å². The highest BCUT2D eigenvalue weighted by Crippen LogP contribution is 2.42. The lowest BCUT2D eigenvalue weighted by atomic mass is 9.82. The molecule has 126 valence electrons. The van der Waals surface area contributed by atoms with Gasteiger partial charge in [-0.1, -0.05) is 6.07 Å². The zero-order valence-electron chi connectivity index (χ0n) is 13.4. The Morgan fingerprint density at radius 3 is 3.08 bits per heavy atom. The minimum atomic E-state index is -0.422. The quantitative estimate of drug-likeness (QED) is 0.841. The molecule has 2 atom stereocenters. The Labute approximate surface area is 140 Å². The van der Waals surface area contributed by atoms with Gasteiger partial charge in [0.25, 0.3) is 0 Å². The van der Waals surface area contributed by atoms with Gasteiger partial charge in [-0.05, 0) is 23.8 Å². The van der Waals surface area contributed by atoms with Crippen LogP contribution in [0, 0.1) is 17.2 Å². The Bertz CT molecular complexity index is 700. The summed E-state index contributed by atoms with van der Waals surface area (Å²) in [6.07, 6.45) is 5.23. The van der Waals surface area contributed by atoms with Gasteiger partial charge in [0.2, 0.25) is 5.88 Å². The molecule has 0 unspecified atom stereocenters.